The molecular weight excluding hydrogens is 268 g/mol. The van der Waals surface area contributed by atoms with E-state index in [0.717, 1.165) is 25.7 Å². The molecule has 0 saturated heterocycles. The van der Waals surface area contributed by atoms with Gasteiger partial charge in [-0.3, -0.25) is 0 Å². The molecule has 0 aliphatic rings. The first-order chi connectivity index (χ1) is 10.2. The van der Waals surface area contributed by atoms with Crippen LogP contribution in [0.3, 0.4) is 0 Å². The number of hydrogen-bond donors (Lipinski definition) is 0. The molecule has 0 saturated carbocycles. The van der Waals surface area contributed by atoms with Gasteiger partial charge in [-0.2, -0.15) is 0 Å². The Balaban J connectivity index is 2.56. The second-order valence-electron chi connectivity index (χ2n) is 4.64. The van der Waals surface area contributed by atoms with Crippen molar-refractivity contribution in [3.63, 3.8) is 0 Å². The molecule has 0 amide bonds. The summed E-state index contributed by atoms with van der Waals surface area (Å²) in [4.78, 5) is 23.7. The summed E-state index contributed by atoms with van der Waals surface area (Å²) in [6.07, 6.45) is 5.12. The second kappa shape index (κ2) is 9.75. The largest absolute Gasteiger partial charge is 0.462 e. The minimum absolute atomic E-state index is 0.343. The smallest absolute Gasteiger partial charge is 0.338 e. The molecule has 0 heterocycles. The van der Waals surface area contributed by atoms with Gasteiger partial charge in [0.2, 0.25) is 0 Å². The zero-order valence-corrected chi connectivity index (χ0v) is 12.5. The number of carbonyl (C=O) groups excluding carboxylic acids is 2. The van der Waals surface area contributed by atoms with Crippen LogP contribution in [-0.4, -0.2) is 25.2 Å². The summed E-state index contributed by atoms with van der Waals surface area (Å²) in [5.74, 6) is -0.841. The lowest BCUT2D eigenvalue weighted by atomic mass is 10.1. The zero-order valence-electron chi connectivity index (χ0n) is 12.5. The average Bonchev–Trinajstić information content (AvgIpc) is 2.51. The van der Waals surface area contributed by atoms with Crippen molar-refractivity contribution in [2.75, 3.05) is 13.2 Å². The molecule has 4 heteroatoms. The Hall–Kier alpha value is -2.10. The van der Waals surface area contributed by atoms with Crippen molar-refractivity contribution in [3.05, 3.63) is 48.0 Å². The normalized spacial score (nSPS) is 9.95. The summed E-state index contributed by atoms with van der Waals surface area (Å²) < 4.78 is 10.2. The number of benzene rings is 1. The lowest BCUT2D eigenvalue weighted by Crippen LogP contribution is -2.10. The summed E-state index contributed by atoms with van der Waals surface area (Å²) in [5.41, 5.74) is 0.727. The van der Waals surface area contributed by atoms with Crippen LogP contribution >= 0.6 is 0 Å². The first-order valence-corrected chi connectivity index (χ1v) is 7.24. The Morgan fingerprint density at radius 1 is 1.10 bits per heavy atom. The molecule has 0 fully saturated rings. The third-order valence-electron chi connectivity index (χ3n) is 2.85. The Morgan fingerprint density at radius 3 is 2.19 bits per heavy atom. The summed E-state index contributed by atoms with van der Waals surface area (Å²) >= 11 is 0. The molecular formula is C17H22O4. The van der Waals surface area contributed by atoms with Gasteiger partial charge < -0.3 is 9.47 Å². The maximum Gasteiger partial charge on any atom is 0.338 e. The molecule has 1 rings (SSSR count). The summed E-state index contributed by atoms with van der Waals surface area (Å²) in [7, 11) is 0. The van der Waals surface area contributed by atoms with Crippen molar-refractivity contribution in [1.29, 1.82) is 0 Å². The first kappa shape index (κ1) is 17.0. The van der Waals surface area contributed by atoms with E-state index in [1.165, 1.54) is 6.07 Å². The number of hydrogen-bond acceptors (Lipinski definition) is 4. The predicted octanol–water partition coefficient (Wildman–Crippen LogP) is 3.77. The van der Waals surface area contributed by atoms with Gasteiger partial charge in [-0.1, -0.05) is 25.5 Å². The molecule has 0 aliphatic heterocycles. The molecule has 0 unspecified atom stereocenters. The maximum atomic E-state index is 11.8. The lowest BCUT2D eigenvalue weighted by Gasteiger charge is -2.06. The van der Waals surface area contributed by atoms with Gasteiger partial charge in [0.1, 0.15) is 0 Å². The summed E-state index contributed by atoms with van der Waals surface area (Å²) in [6, 6.07) is 6.41. The second-order valence-corrected chi connectivity index (χ2v) is 4.64. The molecule has 21 heavy (non-hydrogen) atoms. The van der Waals surface area contributed by atoms with E-state index in [-0.39, 0.29) is 0 Å². The van der Waals surface area contributed by atoms with Crippen LogP contribution in [0, 0.1) is 0 Å². The fourth-order valence-electron chi connectivity index (χ4n) is 1.64. The lowest BCUT2D eigenvalue weighted by molar-refractivity contribution is 0.0499. The predicted molar refractivity (Wildman–Crippen MR) is 81.3 cm³/mol. The van der Waals surface area contributed by atoms with Gasteiger partial charge in [0.05, 0.1) is 24.3 Å². The molecule has 0 aromatic heterocycles. The van der Waals surface area contributed by atoms with Crippen molar-refractivity contribution in [2.45, 2.75) is 32.6 Å². The van der Waals surface area contributed by atoms with Crippen LogP contribution < -0.4 is 0 Å². The van der Waals surface area contributed by atoms with Crippen LogP contribution in [0.25, 0.3) is 0 Å². The third kappa shape index (κ3) is 6.25. The molecule has 4 nitrogen and oxygen atoms in total. The van der Waals surface area contributed by atoms with Crippen LogP contribution in [-0.2, 0) is 9.47 Å². The number of rotatable bonds is 9. The van der Waals surface area contributed by atoms with Crippen molar-refractivity contribution in [3.8, 4) is 0 Å². The minimum atomic E-state index is -0.428. The highest BCUT2D eigenvalue weighted by Gasteiger charge is 2.12. The quantitative estimate of drug-likeness (QED) is 0.395. The van der Waals surface area contributed by atoms with E-state index in [9.17, 15) is 9.59 Å². The molecule has 0 aliphatic carbocycles. The van der Waals surface area contributed by atoms with Gasteiger partial charge in [-0.15, -0.1) is 6.58 Å². The minimum Gasteiger partial charge on any atom is -0.462 e. The summed E-state index contributed by atoms with van der Waals surface area (Å²) in [6.45, 7) is 6.37. The molecule has 1 aromatic rings. The van der Waals surface area contributed by atoms with Crippen molar-refractivity contribution < 1.29 is 19.1 Å². The van der Waals surface area contributed by atoms with Crippen molar-refractivity contribution >= 4 is 11.9 Å². The van der Waals surface area contributed by atoms with Crippen LogP contribution in [0.1, 0.15) is 53.3 Å². The monoisotopic (exact) mass is 290 g/mol. The van der Waals surface area contributed by atoms with Crippen molar-refractivity contribution in [1.82, 2.24) is 0 Å². The molecule has 0 N–H and O–H groups in total. The standard InChI is InChI=1S/C17H22O4/c1-3-5-7-12-21-17(19)15-10-8-9-14(13-15)16(18)20-11-6-4-2/h3,8-10,13H,1,4-7,11-12H2,2H3. The first-order valence-electron chi connectivity index (χ1n) is 7.24. The SMILES string of the molecule is C=CCCCOC(=O)c1cccc(C(=O)OCCCC)c1. The number of unbranched alkanes of at least 4 members (excludes halogenated alkanes) is 2. The van der Waals surface area contributed by atoms with E-state index in [1.807, 2.05) is 6.92 Å². The van der Waals surface area contributed by atoms with Crippen molar-refractivity contribution in [2.24, 2.45) is 0 Å². The topological polar surface area (TPSA) is 52.6 Å². The molecule has 0 bridgehead atoms. The molecule has 114 valence electrons. The number of esters is 2. The van der Waals surface area contributed by atoms with E-state index in [2.05, 4.69) is 6.58 Å². The fourth-order valence-corrected chi connectivity index (χ4v) is 1.64. The third-order valence-corrected chi connectivity index (χ3v) is 2.85. The van der Waals surface area contributed by atoms with Gasteiger partial charge in [0.25, 0.3) is 0 Å². The van der Waals surface area contributed by atoms with Gasteiger partial charge >= 0.3 is 11.9 Å². The number of ether oxygens (including phenoxy) is 2. The zero-order chi connectivity index (χ0) is 15.5. The van der Waals surface area contributed by atoms with Gasteiger partial charge in [0, 0.05) is 0 Å². The van der Waals surface area contributed by atoms with E-state index in [1.54, 1.807) is 24.3 Å². The van der Waals surface area contributed by atoms with Crippen LogP contribution in [0.2, 0.25) is 0 Å². The average molecular weight is 290 g/mol. The fraction of sp³-hybridized carbons (Fsp3) is 0.412. The maximum absolute atomic E-state index is 11.8. The number of carbonyl (C=O) groups is 2. The Bertz CT molecular complexity index is 479. The van der Waals surface area contributed by atoms with E-state index in [0.29, 0.717) is 24.3 Å². The van der Waals surface area contributed by atoms with E-state index >= 15 is 0 Å². The Kier molecular flexibility index (Phi) is 7.87. The molecule has 0 radical (unpaired) electrons. The van der Waals surface area contributed by atoms with Gasteiger partial charge in [0.15, 0.2) is 0 Å². The Labute approximate surface area is 125 Å². The van der Waals surface area contributed by atoms with Gasteiger partial charge in [-0.05, 0) is 37.5 Å². The van der Waals surface area contributed by atoms with Crippen LogP contribution in [0.4, 0.5) is 0 Å². The van der Waals surface area contributed by atoms with Gasteiger partial charge in [-0.25, -0.2) is 9.59 Å². The van der Waals surface area contributed by atoms with Crippen LogP contribution in [0.15, 0.2) is 36.9 Å². The van der Waals surface area contributed by atoms with E-state index in [4.69, 9.17) is 9.47 Å². The molecule has 0 spiro atoms. The highest BCUT2D eigenvalue weighted by molar-refractivity contribution is 5.95. The summed E-state index contributed by atoms with van der Waals surface area (Å²) in [5, 5.41) is 0. The highest BCUT2D eigenvalue weighted by Crippen LogP contribution is 2.09. The highest BCUT2D eigenvalue weighted by atomic mass is 16.5. The van der Waals surface area contributed by atoms with Crippen LogP contribution in [0.5, 0.6) is 0 Å². The molecule has 1 aromatic carbocycles. The molecule has 0 atom stereocenters. The Morgan fingerprint density at radius 2 is 1.67 bits per heavy atom. The van der Waals surface area contributed by atoms with E-state index < -0.39 is 11.9 Å². The number of allylic oxidation sites excluding steroid dienone is 1.